The van der Waals surface area contributed by atoms with Gasteiger partial charge >= 0.3 is 0 Å². The lowest BCUT2D eigenvalue weighted by atomic mass is 10.1. The van der Waals surface area contributed by atoms with Gasteiger partial charge in [0.1, 0.15) is 0 Å². The van der Waals surface area contributed by atoms with Crippen LogP contribution >= 0.6 is 0 Å². The van der Waals surface area contributed by atoms with Crippen molar-refractivity contribution in [1.29, 1.82) is 0 Å². The number of rotatable bonds is 3. The van der Waals surface area contributed by atoms with Crippen LogP contribution in [0.4, 0.5) is 0 Å². The quantitative estimate of drug-likeness (QED) is 0.852. The maximum absolute atomic E-state index is 12.0. The molecule has 2 heterocycles. The monoisotopic (exact) mass is 243 g/mol. The Morgan fingerprint density at radius 1 is 1.56 bits per heavy atom. The van der Waals surface area contributed by atoms with Gasteiger partial charge in [0.2, 0.25) is 10.0 Å². The molecule has 0 amide bonds. The first-order valence-electron chi connectivity index (χ1n) is 5.48. The van der Waals surface area contributed by atoms with Crippen LogP contribution in [0.25, 0.3) is 0 Å². The zero-order chi connectivity index (χ0) is 11.8. The zero-order valence-electron chi connectivity index (χ0n) is 9.60. The van der Waals surface area contributed by atoms with Crippen molar-refractivity contribution in [3.63, 3.8) is 0 Å². The van der Waals surface area contributed by atoms with E-state index in [0.717, 1.165) is 17.7 Å². The van der Waals surface area contributed by atoms with Gasteiger partial charge in [-0.1, -0.05) is 13.8 Å². The summed E-state index contributed by atoms with van der Waals surface area (Å²) in [6.07, 6.45) is 2.44. The minimum Gasteiger partial charge on any atom is -0.282 e. The largest absolute Gasteiger partial charge is 0.282 e. The molecular weight excluding hydrogens is 226 g/mol. The summed E-state index contributed by atoms with van der Waals surface area (Å²) >= 11 is 0. The minimum atomic E-state index is -3.11. The van der Waals surface area contributed by atoms with Crippen LogP contribution < -0.4 is 0 Å². The number of hydrogen-bond acceptors (Lipinski definition) is 3. The van der Waals surface area contributed by atoms with Gasteiger partial charge in [0.25, 0.3) is 0 Å². The summed E-state index contributed by atoms with van der Waals surface area (Å²) in [6.45, 7) is 4.86. The van der Waals surface area contributed by atoms with E-state index in [9.17, 15) is 8.42 Å². The average molecular weight is 243 g/mol. The maximum Gasteiger partial charge on any atom is 0.214 e. The highest BCUT2D eigenvalue weighted by molar-refractivity contribution is 7.89. The first-order chi connectivity index (χ1) is 7.49. The summed E-state index contributed by atoms with van der Waals surface area (Å²) in [7, 11) is -3.11. The molecule has 0 saturated carbocycles. The number of sulfonamides is 1. The third kappa shape index (κ3) is 2.27. The number of hydrogen-bond donors (Lipinski definition) is 1. The van der Waals surface area contributed by atoms with Crippen LogP contribution in [0.15, 0.2) is 6.20 Å². The van der Waals surface area contributed by atoms with Crippen molar-refractivity contribution >= 4 is 10.0 Å². The number of aromatic amines is 1. The van der Waals surface area contributed by atoms with Gasteiger partial charge in [-0.25, -0.2) is 8.42 Å². The Balaban J connectivity index is 2.14. The molecule has 0 aliphatic carbocycles. The molecule has 1 N–H and O–H groups in total. The predicted octanol–water partition coefficient (Wildman–Crippen LogP) is 0.754. The molecule has 0 unspecified atom stereocenters. The molecule has 0 radical (unpaired) electrons. The summed E-state index contributed by atoms with van der Waals surface area (Å²) in [4.78, 5) is 0. The Hall–Kier alpha value is -0.880. The Morgan fingerprint density at radius 2 is 2.31 bits per heavy atom. The lowest BCUT2D eigenvalue weighted by Crippen LogP contribution is -2.38. The first-order valence-corrected chi connectivity index (χ1v) is 7.09. The van der Waals surface area contributed by atoms with E-state index < -0.39 is 10.0 Å². The molecule has 1 aromatic rings. The van der Waals surface area contributed by atoms with Gasteiger partial charge in [-0.05, 0) is 5.92 Å². The molecule has 0 bridgehead atoms. The van der Waals surface area contributed by atoms with Crippen molar-refractivity contribution in [2.75, 3.05) is 12.3 Å². The molecule has 16 heavy (non-hydrogen) atoms. The second-order valence-electron chi connectivity index (χ2n) is 4.63. The van der Waals surface area contributed by atoms with Gasteiger partial charge < -0.3 is 0 Å². The van der Waals surface area contributed by atoms with Gasteiger partial charge in [-0.15, -0.1) is 0 Å². The predicted molar refractivity (Wildman–Crippen MR) is 61.3 cm³/mol. The highest BCUT2D eigenvalue weighted by atomic mass is 32.2. The van der Waals surface area contributed by atoms with Crippen LogP contribution in [0.3, 0.4) is 0 Å². The molecule has 1 aromatic heterocycles. The number of nitrogens with one attached hydrogen (secondary N) is 1. The molecule has 90 valence electrons. The lowest BCUT2D eigenvalue weighted by molar-refractivity contribution is 0.386. The van der Waals surface area contributed by atoms with Crippen LogP contribution in [0.1, 0.15) is 25.1 Å². The second-order valence-corrected chi connectivity index (χ2v) is 6.64. The first kappa shape index (κ1) is 11.6. The van der Waals surface area contributed by atoms with Gasteiger partial charge in [0.05, 0.1) is 11.9 Å². The number of H-pyrrole nitrogens is 1. The van der Waals surface area contributed by atoms with Crippen molar-refractivity contribution in [2.45, 2.75) is 26.8 Å². The van der Waals surface area contributed by atoms with Crippen molar-refractivity contribution < 1.29 is 8.42 Å². The van der Waals surface area contributed by atoms with E-state index in [-0.39, 0.29) is 11.7 Å². The van der Waals surface area contributed by atoms with Gasteiger partial charge in [0.15, 0.2) is 0 Å². The lowest BCUT2D eigenvalue weighted by Gasteiger charge is -2.26. The smallest absolute Gasteiger partial charge is 0.214 e. The molecule has 5 nitrogen and oxygen atoms in total. The fourth-order valence-corrected chi connectivity index (χ4v) is 3.72. The van der Waals surface area contributed by atoms with Crippen LogP contribution in [0.2, 0.25) is 0 Å². The third-order valence-electron chi connectivity index (χ3n) is 2.70. The van der Waals surface area contributed by atoms with Crippen molar-refractivity contribution in [2.24, 2.45) is 5.92 Å². The summed E-state index contributed by atoms with van der Waals surface area (Å²) in [6, 6.07) is 0. The van der Waals surface area contributed by atoms with Crippen LogP contribution in [-0.2, 0) is 23.0 Å². The molecule has 6 heteroatoms. The Morgan fingerprint density at radius 3 is 3.00 bits per heavy atom. The van der Waals surface area contributed by atoms with E-state index in [2.05, 4.69) is 10.2 Å². The molecule has 0 spiro atoms. The topological polar surface area (TPSA) is 66.1 Å². The SMILES string of the molecule is CC(C)CS(=O)(=O)N1CCc2[nH]ncc2C1. The highest BCUT2D eigenvalue weighted by Gasteiger charge is 2.27. The van der Waals surface area contributed by atoms with Gasteiger partial charge in [-0.3, -0.25) is 5.10 Å². The molecule has 0 aromatic carbocycles. The Labute approximate surface area is 95.9 Å². The molecule has 2 rings (SSSR count). The van der Waals surface area contributed by atoms with Crippen LogP contribution in [0, 0.1) is 5.92 Å². The highest BCUT2D eigenvalue weighted by Crippen LogP contribution is 2.20. The van der Waals surface area contributed by atoms with Crippen molar-refractivity contribution in [3.05, 3.63) is 17.5 Å². The molecule has 0 fully saturated rings. The number of aromatic nitrogens is 2. The Kier molecular flexibility index (Phi) is 3.03. The van der Waals surface area contributed by atoms with Gasteiger partial charge in [-0.2, -0.15) is 9.40 Å². The van der Waals surface area contributed by atoms with Crippen molar-refractivity contribution in [1.82, 2.24) is 14.5 Å². The molecule has 0 atom stereocenters. The molecule has 1 aliphatic heterocycles. The van der Waals surface area contributed by atoms with Crippen molar-refractivity contribution in [3.8, 4) is 0 Å². The summed E-state index contributed by atoms with van der Waals surface area (Å²) in [5, 5.41) is 6.83. The summed E-state index contributed by atoms with van der Waals surface area (Å²) in [5.41, 5.74) is 2.06. The van der Waals surface area contributed by atoms with E-state index in [1.165, 1.54) is 0 Å². The molecular formula is C10H17N3O2S. The number of fused-ring (bicyclic) bond motifs is 1. The average Bonchev–Trinajstić information content (AvgIpc) is 2.61. The number of nitrogens with zero attached hydrogens (tertiary/aromatic N) is 2. The van der Waals surface area contributed by atoms with Gasteiger partial charge in [0, 0.05) is 30.8 Å². The zero-order valence-corrected chi connectivity index (χ0v) is 10.4. The van der Waals surface area contributed by atoms with E-state index in [4.69, 9.17) is 0 Å². The molecule has 0 saturated heterocycles. The second kappa shape index (κ2) is 4.18. The fraction of sp³-hybridized carbons (Fsp3) is 0.700. The maximum atomic E-state index is 12.0. The summed E-state index contributed by atoms with van der Waals surface area (Å²) in [5.74, 6) is 0.385. The third-order valence-corrected chi connectivity index (χ3v) is 4.89. The van der Waals surface area contributed by atoms with E-state index >= 15 is 0 Å². The van der Waals surface area contributed by atoms with Crippen LogP contribution in [-0.4, -0.2) is 35.2 Å². The Bertz CT molecular complexity index is 464. The standard InChI is InChI=1S/C10H17N3O2S/c1-8(2)7-16(14,15)13-4-3-10-9(6-13)5-11-12-10/h5,8H,3-4,6-7H2,1-2H3,(H,11,12). The summed E-state index contributed by atoms with van der Waals surface area (Å²) < 4.78 is 25.6. The normalized spacial score (nSPS) is 17.7. The van der Waals surface area contributed by atoms with E-state index in [1.807, 2.05) is 13.8 Å². The van der Waals surface area contributed by atoms with Crippen LogP contribution in [0.5, 0.6) is 0 Å². The molecule has 1 aliphatic rings. The van der Waals surface area contributed by atoms with E-state index in [1.54, 1.807) is 10.5 Å². The van der Waals surface area contributed by atoms with E-state index in [0.29, 0.717) is 13.1 Å². The minimum absolute atomic E-state index is 0.163. The fourth-order valence-electron chi connectivity index (χ4n) is 1.96.